The first-order valence-corrected chi connectivity index (χ1v) is 9.41. The van der Waals surface area contributed by atoms with Gasteiger partial charge in [-0.2, -0.15) is 0 Å². The van der Waals surface area contributed by atoms with Gasteiger partial charge in [0.05, 0.1) is 5.75 Å². The standard InChI is InChI=1S/C19H15N7OS/c27-16(23-18-21-9-4-10-22-18)13-28-19-25-24-17(14-7-11-20-12-8-14)26(19)15-5-2-1-3-6-15/h1-12H,13H2,(H,21,22,23,27). The lowest BCUT2D eigenvalue weighted by atomic mass is 10.2. The van der Waals surface area contributed by atoms with E-state index >= 15 is 0 Å². The Balaban J connectivity index is 1.59. The van der Waals surface area contributed by atoms with Gasteiger partial charge in [0, 0.05) is 36.0 Å². The number of nitrogens with zero attached hydrogens (tertiary/aromatic N) is 6. The Kier molecular flexibility index (Phi) is 5.34. The van der Waals surface area contributed by atoms with Crippen LogP contribution < -0.4 is 5.32 Å². The summed E-state index contributed by atoms with van der Waals surface area (Å²) in [4.78, 5) is 24.3. The average molecular weight is 389 g/mol. The van der Waals surface area contributed by atoms with Gasteiger partial charge in [-0.3, -0.25) is 19.7 Å². The van der Waals surface area contributed by atoms with Crippen molar-refractivity contribution in [1.82, 2.24) is 29.7 Å². The molecule has 3 aromatic heterocycles. The van der Waals surface area contributed by atoms with E-state index in [0.29, 0.717) is 11.0 Å². The van der Waals surface area contributed by atoms with Crippen molar-refractivity contribution in [2.45, 2.75) is 5.16 Å². The maximum absolute atomic E-state index is 12.2. The summed E-state index contributed by atoms with van der Waals surface area (Å²) < 4.78 is 1.92. The summed E-state index contributed by atoms with van der Waals surface area (Å²) in [6.45, 7) is 0. The number of rotatable bonds is 6. The van der Waals surface area contributed by atoms with Crippen LogP contribution in [0.15, 0.2) is 78.5 Å². The molecule has 4 rings (SSSR count). The van der Waals surface area contributed by atoms with E-state index in [-0.39, 0.29) is 17.6 Å². The molecule has 4 aromatic rings. The predicted octanol–water partition coefficient (Wildman–Crippen LogP) is 2.85. The number of hydrogen-bond donors (Lipinski definition) is 1. The van der Waals surface area contributed by atoms with Gasteiger partial charge in [-0.25, -0.2) is 9.97 Å². The fourth-order valence-electron chi connectivity index (χ4n) is 2.52. The van der Waals surface area contributed by atoms with Crippen LogP contribution in [0, 0.1) is 0 Å². The molecule has 0 spiro atoms. The van der Waals surface area contributed by atoms with Crippen LogP contribution in [-0.4, -0.2) is 41.4 Å². The maximum atomic E-state index is 12.2. The minimum absolute atomic E-state index is 0.152. The molecule has 28 heavy (non-hydrogen) atoms. The number of carbonyl (C=O) groups is 1. The largest absolute Gasteiger partial charge is 0.294 e. The molecule has 0 aliphatic rings. The highest BCUT2D eigenvalue weighted by atomic mass is 32.2. The molecule has 1 N–H and O–H groups in total. The summed E-state index contributed by atoms with van der Waals surface area (Å²) in [5, 5.41) is 11.9. The Bertz CT molecular complexity index is 1060. The van der Waals surface area contributed by atoms with E-state index in [2.05, 4.69) is 30.5 Å². The second-order valence-corrected chi connectivity index (χ2v) is 6.56. The topological polar surface area (TPSA) is 98.5 Å². The SMILES string of the molecule is O=C(CSc1nnc(-c2ccncc2)n1-c1ccccc1)Nc1ncccn1. The van der Waals surface area contributed by atoms with Crippen LogP contribution in [0.2, 0.25) is 0 Å². The summed E-state index contributed by atoms with van der Waals surface area (Å²) >= 11 is 1.29. The number of benzene rings is 1. The first-order chi connectivity index (χ1) is 13.8. The zero-order valence-corrected chi connectivity index (χ0v) is 15.5. The molecule has 0 radical (unpaired) electrons. The van der Waals surface area contributed by atoms with Crippen molar-refractivity contribution in [3.05, 3.63) is 73.3 Å². The van der Waals surface area contributed by atoms with E-state index in [1.54, 1.807) is 30.9 Å². The van der Waals surface area contributed by atoms with Crippen LogP contribution in [0.1, 0.15) is 0 Å². The molecule has 0 saturated carbocycles. The fourth-order valence-corrected chi connectivity index (χ4v) is 3.27. The number of pyridine rings is 1. The van der Waals surface area contributed by atoms with Gasteiger partial charge in [-0.05, 0) is 30.3 Å². The summed E-state index contributed by atoms with van der Waals surface area (Å²) in [6, 6.07) is 15.2. The fraction of sp³-hybridized carbons (Fsp3) is 0.0526. The van der Waals surface area contributed by atoms with Crippen molar-refractivity contribution in [2.75, 3.05) is 11.1 Å². The van der Waals surface area contributed by atoms with Gasteiger partial charge in [-0.1, -0.05) is 30.0 Å². The molecule has 0 unspecified atom stereocenters. The zero-order valence-electron chi connectivity index (χ0n) is 14.6. The summed E-state index contributed by atoms with van der Waals surface area (Å²) in [7, 11) is 0. The lowest BCUT2D eigenvalue weighted by molar-refractivity contribution is -0.113. The lowest BCUT2D eigenvalue weighted by Crippen LogP contribution is -2.16. The van der Waals surface area contributed by atoms with E-state index in [1.165, 1.54) is 11.8 Å². The normalized spacial score (nSPS) is 10.6. The van der Waals surface area contributed by atoms with Crippen LogP contribution >= 0.6 is 11.8 Å². The van der Waals surface area contributed by atoms with Crippen LogP contribution in [-0.2, 0) is 4.79 Å². The molecular weight excluding hydrogens is 374 g/mol. The number of carbonyl (C=O) groups excluding carboxylic acids is 1. The molecule has 0 aliphatic carbocycles. The van der Waals surface area contributed by atoms with Gasteiger partial charge in [0.1, 0.15) is 0 Å². The molecule has 9 heteroatoms. The Morgan fingerprint density at radius 3 is 2.43 bits per heavy atom. The van der Waals surface area contributed by atoms with Crippen LogP contribution in [0.4, 0.5) is 5.95 Å². The number of thioether (sulfide) groups is 1. The van der Waals surface area contributed by atoms with Crippen molar-refractivity contribution < 1.29 is 4.79 Å². The van der Waals surface area contributed by atoms with Gasteiger partial charge in [0.25, 0.3) is 0 Å². The molecule has 0 fully saturated rings. The third-order valence-electron chi connectivity index (χ3n) is 3.74. The van der Waals surface area contributed by atoms with E-state index < -0.39 is 0 Å². The Hall–Kier alpha value is -3.59. The Labute approximate surface area is 165 Å². The van der Waals surface area contributed by atoms with Crippen molar-refractivity contribution in [1.29, 1.82) is 0 Å². The van der Waals surface area contributed by atoms with Crippen molar-refractivity contribution in [3.63, 3.8) is 0 Å². The number of para-hydroxylation sites is 1. The second kappa shape index (κ2) is 8.40. The molecule has 3 heterocycles. The smallest absolute Gasteiger partial charge is 0.237 e. The maximum Gasteiger partial charge on any atom is 0.237 e. The average Bonchev–Trinajstić information content (AvgIpc) is 3.18. The van der Waals surface area contributed by atoms with Crippen LogP contribution in [0.3, 0.4) is 0 Å². The number of hydrogen-bond acceptors (Lipinski definition) is 7. The van der Waals surface area contributed by atoms with Gasteiger partial charge in [0.2, 0.25) is 11.9 Å². The van der Waals surface area contributed by atoms with E-state index in [1.807, 2.05) is 47.0 Å². The first-order valence-electron chi connectivity index (χ1n) is 8.42. The minimum atomic E-state index is -0.218. The van der Waals surface area contributed by atoms with Crippen molar-refractivity contribution >= 4 is 23.6 Å². The van der Waals surface area contributed by atoms with E-state index in [0.717, 1.165) is 11.3 Å². The molecule has 0 atom stereocenters. The molecule has 1 amide bonds. The highest BCUT2D eigenvalue weighted by Gasteiger charge is 2.17. The summed E-state index contributed by atoms with van der Waals surface area (Å²) in [6.07, 6.45) is 6.56. The monoisotopic (exact) mass is 389 g/mol. The van der Waals surface area contributed by atoms with Gasteiger partial charge in [0.15, 0.2) is 11.0 Å². The summed E-state index contributed by atoms with van der Waals surface area (Å²) in [5.74, 6) is 0.891. The highest BCUT2D eigenvalue weighted by Crippen LogP contribution is 2.27. The zero-order chi connectivity index (χ0) is 19.2. The van der Waals surface area contributed by atoms with E-state index in [9.17, 15) is 4.79 Å². The van der Waals surface area contributed by atoms with Crippen LogP contribution in [0.5, 0.6) is 0 Å². The molecule has 0 saturated heterocycles. The Morgan fingerprint density at radius 2 is 1.68 bits per heavy atom. The Morgan fingerprint density at radius 1 is 0.929 bits per heavy atom. The van der Waals surface area contributed by atoms with Crippen molar-refractivity contribution in [2.24, 2.45) is 0 Å². The number of amides is 1. The first kappa shape index (κ1) is 17.8. The summed E-state index contributed by atoms with van der Waals surface area (Å²) in [5.41, 5.74) is 1.80. The van der Waals surface area contributed by atoms with E-state index in [4.69, 9.17) is 0 Å². The molecule has 0 bridgehead atoms. The third kappa shape index (κ3) is 4.04. The van der Waals surface area contributed by atoms with Gasteiger partial charge in [-0.15, -0.1) is 10.2 Å². The highest BCUT2D eigenvalue weighted by molar-refractivity contribution is 7.99. The number of nitrogens with one attached hydrogen (secondary N) is 1. The molecule has 1 aromatic carbocycles. The quantitative estimate of drug-likeness (QED) is 0.506. The predicted molar refractivity (Wildman–Crippen MR) is 106 cm³/mol. The molecule has 0 aliphatic heterocycles. The molecule has 8 nitrogen and oxygen atoms in total. The lowest BCUT2D eigenvalue weighted by Gasteiger charge is -2.10. The third-order valence-corrected chi connectivity index (χ3v) is 4.66. The van der Waals surface area contributed by atoms with Crippen molar-refractivity contribution in [3.8, 4) is 17.1 Å². The molecule has 138 valence electrons. The minimum Gasteiger partial charge on any atom is -0.294 e. The van der Waals surface area contributed by atoms with Crippen LogP contribution in [0.25, 0.3) is 17.1 Å². The van der Waals surface area contributed by atoms with Gasteiger partial charge < -0.3 is 0 Å². The number of aromatic nitrogens is 6. The second-order valence-electron chi connectivity index (χ2n) is 5.62. The number of anilines is 1. The van der Waals surface area contributed by atoms with Gasteiger partial charge >= 0.3 is 0 Å². The molecular formula is C19H15N7OS.